The molecule has 1 aromatic rings. The van der Waals surface area contributed by atoms with Gasteiger partial charge in [-0.25, -0.2) is 0 Å². The zero-order valence-electron chi connectivity index (χ0n) is 13.0. The maximum absolute atomic E-state index is 9.64. The first-order chi connectivity index (χ1) is 10.7. The first-order valence-electron chi connectivity index (χ1n) is 7.72. The summed E-state index contributed by atoms with van der Waals surface area (Å²) in [6.45, 7) is 4.91. The standard InChI is InChI=1S/C17H24N2O3/c1-14(10-18)22-16-4-2-15(3-5-16)11-19-12-17(13-20)6-8-21-9-7-17/h2-5,14,19-20H,6-9,11-13H2,1H3. The number of aliphatic hydroxyl groups excluding tert-OH is 1. The lowest BCUT2D eigenvalue weighted by atomic mass is 9.81. The second-order valence-corrected chi connectivity index (χ2v) is 5.91. The smallest absolute Gasteiger partial charge is 0.181 e. The van der Waals surface area contributed by atoms with Gasteiger partial charge in [-0.05, 0) is 37.5 Å². The van der Waals surface area contributed by atoms with Crippen LogP contribution in [0.4, 0.5) is 0 Å². The summed E-state index contributed by atoms with van der Waals surface area (Å²) in [5, 5.41) is 21.8. The molecule has 1 aliphatic heterocycles. The van der Waals surface area contributed by atoms with Gasteiger partial charge in [0.2, 0.25) is 0 Å². The predicted octanol–water partition coefficient (Wildman–Crippen LogP) is 1.86. The quantitative estimate of drug-likeness (QED) is 0.804. The third-order valence-corrected chi connectivity index (χ3v) is 4.14. The molecule has 2 N–H and O–H groups in total. The summed E-state index contributed by atoms with van der Waals surface area (Å²) in [6.07, 6.45) is 1.35. The second-order valence-electron chi connectivity index (χ2n) is 5.91. The lowest BCUT2D eigenvalue weighted by Gasteiger charge is -2.35. The number of nitrogens with one attached hydrogen (secondary N) is 1. The number of ether oxygens (including phenoxy) is 2. The van der Waals surface area contributed by atoms with Gasteiger partial charge >= 0.3 is 0 Å². The van der Waals surface area contributed by atoms with E-state index in [1.807, 2.05) is 30.3 Å². The number of benzene rings is 1. The molecule has 0 spiro atoms. The van der Waals surface area contributed by atoms with E-state index in [1.54, 1.807) is 6.92 Å². The van der Waals surface area contributed by atoms with Crippen LogP contribution in [0.5, 0.6) is 5.75 Å². The van der Waals surface area contributed by atoms with Crippen molar-refractivity contribution in [1.29, 1.82) is 5.26 Å². The molecule has 0 aliphatic carbocycles. The Bertz CT molecular complexity index is 490. The van der Waals surface area contributed by atoms with Crippen LogP contribution in [0.1, 0.15) is 25.3 Å². The highest BCUT2D eigenvalue weighted by atomic mass is 16.5. The minimum absolute atomic E-state index is 0.0521. The summed E-state index contributed by atoms with van der Waals surface area (Å²) in [5.41, 5.74) is 1.10. The van der Waals surface area contributed by atoms with Crippen LogP contribution in [-0.4, -0.2) is 37.6 Å². The van der Waals surface area contributed by atoms with E-state index in [2.05, 4.69) is 5.32 Å². The van der Waals surface area contributed by atoms with Crippen molar-refractivity contribution in [3.8, 4) is 11.8 Å². The third-order valence-electron chi connectivity index (χ3n) is 4.14. The van der Waals surface area contributed by atoms with Crippen LogP contribution in [-0.2, 0) is 11.3 Å². The van der Waals surface area contributed by atoms with Crippen LogP contribution in [0.2, 0.25) is 0 Å². The normalized spacial score (nSPS) is 18.4. The Hall–Kier alpha value is -1.61. The number of nitriles is 1. The summed E-state index contributed by atoms with van der Waals surface area (Å²) in [5.74, 6) is 0.703. The topological polar surface area (TPSA) is 74.5 Å². The van der Waals surface area contributed by atoms with E-state index in [9.17, 15) is 5.11 Å². The van der Waals surface area contributed by atoms with Crippen molar-refractivity contribution in [2.24, 2.45) is 5.41 Å². The number of nitrogens with zero attached hydrogens (tertiary/aromatic N) is 1. The molecule has 1 aliphatic rings. The highest BCUT2D eigenvalue weighted by molar-refractivity contribution is 5.27. The molecule has 1 heterocycles. The molecule has 1 atom stereocenters. The fourth-order valence-corrected chi connectivity index (χ4v) is 2.58. The van der Waals surface area contributed by atoms with Crippen molar-refractivity contribution < 1.29 is 14.6 Å². The Kier molecular flexibility index (Phi) is 6.20. The van der Waals surface area contributed by atoms with E-state index in [1.165, 1.54) is 0 Å². The molecule has 0 amide bonds. The van der Waals surface area contributed by atoms with Gasteiger partial charge in [0.1, 0.15) is 11.8 Å². The van der Waals surface area contributed by atoms with E-state index >= 15 is 0 Å². The minimum Gasteiger partial charge on any atom is -0.476 e. The average Bonchev–Trinajstić information content (AvgIpc) is 2.57. The molecule has 1 unspecified atom stereocenters. The molecule has 1 saturated heterocycles. The first kappa shape index (κ1) is 16.8. The van der Waals surface area contributed by atoms with Crippen LogP contribution in [0.3, 0.4) is 0 Å². The molecule has 120 valence electrons. The molecule has 2 rings (SSSR count). The molecule has 1 fully saturated rings. The fourth-order valence-electron chi connectivity index (χ4n) is 2.58. The van der Waals surface area contributed by atoms with Crippen molar-refractivity contribution in [3.63, 3.8) is 0 Å². The second kappa shape index (κ2) is 8.14. The van der Waals surface area contributed by atoms with Gasteiger partial charge in [-0.15, -0.1) is 0 Å². The van der Waals surface area contributed by atoms with Crippen LogP contribution in [0.15, 0.2) is 24.3 Å². The Morgan fingerprint density at radius 2 is 2.05 bits per heavy atom. The summed E-state index contributed by atoms with van der Waals surface area (Å²) >= 11 is 0. The van der Waals surface area contributed by atoms with Gasteiger partial charge in [-0.3, -0.25) is 0 Å². The highest BCUT2D eigenvalue weighted by Gasteiger charge is 2.31. The first-order valence-corrected chi connectivity index (χ1v) is 7.72. The molecule has 1 aromatic carbocycles. The van der Waals surface area contributed by atoms with Crippen LogP contribution in [0, 0.1) is 16.7 Å². The van der Waals surface area contributed by atoms with E-state index < -0.39 is 6.10 Å². The van der Waals surface area contributed by atoms with Gasteiger partial charge in [0, 0.05) is 31.7 Å². The number of rotatable bonds is 7. The zero-order valence-corrected chi connectivity index (χ0v) is 13.0. The summed E-state index contributed by atoms with van der Waals surface area (Å²) in [6, 6.07) is 9.77. The minimum atomic E-state index is -0.443. The van der Waals surface area contributed by atoms with Crippen LogP contribution < -0.4 is 10.1 Å². The highest BCUT2D eigenvalue weighted by Crippen LogP contribution is 2.29. The number of aliphatic hydroxyl groups is 1. The molecule has 0 aromatic heterocycles. The van der Waals surface area contributed by atoms with Crippen molar-refractivity contribution in [2.75, 3.05) is 26.4 Å². The van der Waals surface area contributed by atoms with Gasteiger partial charge in [0.25, 0.3) is 0 Å². The largest absolute Gasteiger partial charge is 0.476 e. The number of hydrogen-bond acceptors (Lipinski definition) is 5. The van der Waals surface area contributed by atoms with Gasteiger partial charge in [-0.2, -0.15) is 5.26 Å². The van der Waals surface area contributed by atoms with Crippen LogP contribution in [0.25, 0.3) is 0 Å². The average molecular weight is 304 g/mol. The summed E-state index contributed by atoms with van der Waals surface area (Å²) in [7, 11) is 0. The maximum atomic E-state index is 9.64. The molecule has 0 bridgehead atoms. The van der Waals surface area contributed by atoms with E-state index in [0.717, 1.165) is 44.7 Å². The van der Waals surface area contributed by atoms with Gasteiger partial charge in [0.15, 0.2) is 6.10 Å². The monoisotopic (exact) mass is 304 g/mol. The summed E-state index contributed by atoms with van der Waals surface area (Å²) in [4.78, 5) is 0. The van der Waals surface area contributed by atoms with Gasteiger partial charge < -0.3 is 19.9 Å². The maximum Gasteiger partial charge on any atom is 0.181 e. The third kappa shape index (κ3) is 4.70. The van der Waals surface area contributed by atoms with Gasteiger partial charge in [-0.1, -0.05) is 12.1 Å². The summed E-state index contributed by atoms with van der Waals surface area (Å²) < 4.78 is 10.8. The van der Waals surface area contributed by atoms with E-state index in [-0.39, 0.29) is 12.0 Å². The molecular weight excluding hydrogens is 280 g/mol. The molecule has 5 heteroatoms. The van der Waals surface area contributed by atoms with Crippen molar-refractivity contribution >= 4 is 0 Å². The Labute approximate surface area is 131 Å². The molecular formula is C17H24N2O3. The van der Waals surface area contributed by atoms with Crippen molar-refractivity contribution in [3.05, 3.63) is 29.8 Å². The van der Waals surface area contributed by atoms with Gasteiger partial charge in [0.05, 0.1) is 6.61 Å². The van der Waals surface area contributed by atoms with Crippen LogP contribution >= 0.6 is 0 Å². The Morgan fingerprint density at radius 3 is 2.64 bits per heavy atom. The SMILES string of the molecule is CC(C#N)Oc1ccc(CNCC2(CO)CCOCC2)cc1. The molecule has 0 saturated carbocycles. The Morgan fingerprint density at radius 1 is 1.36 bits per heavy atom. The van der Waals surface area contributed by atoms with E-state index in [0.29, 0.717) is 5.75 Å². The van der Waals surface area contributed by atoms with E-state index in [4.69, 9.17) is 14.7 Å². The van der Waals surface area contributed by atoms with Crippen molar-refractivity contribution in [1.82, 2.24) is 5.32 Å². The molecule has 22 heavy (non-hydrogen) atoms. The molecule has 0 radical (unpaired) electrons. The lowest BCUT2D eigenvalue weighted by molar-refractivity contribution is -0.0154. The number of hydrogen-bond donors (Lipinski definition) is 2. The predicted molar refractivity (Wildman–Crippen MR) is 83.4 cm³/mol. The molecule has 5 nitrogen and oxygen atoms in total. The zero-order chi connectivity index (χ0) is 15.8. The fraction of sp³-hybridized carbons (Fsp3) is 0.588. The van der Waals surface area contributed by atoms with Crippen molar-refractivity contribution in [2.45, 2.75) is 32.4 Å². The lowest BCUT2D eigenvalue weighted by Crippen LogP contribution is -2.41. The Balaban J connectivity index is 1.80.